The second kappa shape index (κ2) is 4.67. The van der Waals surface area contributed by atoms with E-state index < -0.39 is 0 Å². The van der Waals surface area contributed by atoms with Gasteiger partial charge in [0, 0.05) is 11.9 Å². The van der Waals surface area contributed by atoms with Crippen LogP contribution >= 0.6 is 11.6 Å². The molecule has 0 atom stereocenters. The third-order valence-electron chi connectivity index (χ3n) is 1.62. The maximum absolute atomic E-state index is 10.2. The van der Waals surface area contributed by atoms with Gasteiger partial charge in [0.2, 0.25) is 0 Å². The molecule has 13 heavy (non-hydrogen) atoms. The minimum atomic E-state index is 0.156. The molecule has 0 heterocycles. The van der Waals surface area contributed by atoms with Gasteiger partial charge in [0.05, 0.1) is 5.03 Å². The smallest absolute Gasteiger partial charge is 0.162 e. The van der Waals surface area contributed by atoms with Crippen LogP contribution in [0, 0.1) is 6.92 Å². The van der Waals surface area contributed by atoms with Crippen LogP contribution in [0.25, 0.3) is 0 Å². The van der Waals surface area contributed by atoms with Crippen molar-refractivity contribution in [2.24, 2.45) is 0 Å². The molecule has 1 N–H and O–H groups in total. The quantitative estimate of drug-likeness (QED) is 0.594. The number of nitrogens with one attached hydrogen (secondary N) is 1. The summed E-state index contributed by atoms with van der Waals surface area (Å²) in [6.45, 7) is 1.98. The Morgan fingerprint density at radius 2 is 2.15 bits per heavy atom. The highest BCUT2D eigenvalue weighted by Crippen LogP contribution is 2.13. The molecule has 0 saturated heterocycles. The van der Waals surface area contributed by atoms with Crippen LogP contribution < -0.4 is 5.32 Å². The highest BCUT2D eigenvalue weighted by Gasteiger charge is 1.93. The third-order valence-corrected chi connectivity index (χ3v) is 1.82. The van der Waals surface area contributed by atoms with E-state index >= 15 is 0 Å². The number of aryl methyl sites for hydroxylation is 1. The van der Waals surface area contributed by atoms with E-state index in [-0.39, 0.29) is 5.03 Å². The van der Waals surface area contributed by atoms with Gasteiger partial charge >= 0.3 is 0 Å². The summed E-state index contributed by atoms with van der Waals surface area (Å²) in [4.78, 5) is 10.2. The fourth-order valence-electron chi connectivity index (χ4n) is 0.916. The Labute approximate surface area is 82.2 Å². The Bertz CT molecular complexity index is 333. The fraction of sp³-hybridized carbons (Fsp3) is 0.100. The number of carbonyl (C=O) groups excluding carboxylic acids is 1. The van der Waals surface area contributed by atoms with Crippen molar-refractivity contribution in [1.82, 2.24) is 0 Å². The average Bonchev–Trinajstić information content (AvgIpc) is 2.16. The van der Waals surface area contributed by atoms with Crippen LogP contribution in [-0.2, 0) is 4.79 Å². The summed E-state index contributed by atoms with van der Waals surface area (Å²) in [7, 11) is 0. The van der Waals surface area contributed by atoms with Crippen LogP contribution in [0.1, 0.15) is 5.56 Å². The average molecular weight is 196 g/mol. The summed E-state index contributed by atoms with van der Waals surface area (Å²) in [5.74, 6) is 0. The number of rotatable bonds is 3. The van der Waals surface area contributed by atoms with E-state index in [0.29, 0.717) is 6.29 Å². The molecule has 3 heteroatoms. The maximum Gasteiger partial charge on any atom is 0.162 e. The highest BCUT2D eigenvalue weighted by atomic mass is 35.5. The van der Waals surface area contributed by atoms with E-state index in [1.165, 1.54) is 6.20 Å². The summed E-state index contributed by atoms with van der Waals surface area (Å²) in [6, 6.07) is 7.76. The van der Waals surface area contributed by atoms with E-state index in [2.05, 4.69) is 5.32 Å². The molecule has 0 aliphatic heterocycles. The van der Waals surface area contributed by atoms with Crippen molar-refractivity contribution in [3.8, 4) is 0 Å². The van der Waals surface area contributed by atoms with Crippen molar-refractivity contribution in [3.05, 3.63) is 41.1 Å². The molecular formula is C10H10ClNO. The number of allylic oxidation sites excluding steroid dienone is 1. The van der Waals surface area contributed by atoms with Gasteiger partial charge in [-0.2, -0.15) is 0 Å². The van der Waals surface area contributed by atoms with Gasteiger partial charge in [-0.3, -0.25) is 4.79 Å². The molecule has 0 unspecified atom stereocenters. The van der Waals surface area contributed by atoms with Crippen LogP contribution in [-0.4, -0.2) is 6.29 Å². The summed E-state index contributed by atoms with van der Waals surface area (Å²) < 4.78 is 0. The number of hydrogen-bond acceptors (Lipinski definition) is 2. The van der Waals surface area contributed by atoms with Crippen LogP contribution in [0.3, 0.4) is 0 Å². The lowest BCUT2D eigenvalue weighted by atomic mass is 10.2. The van der Waals surface area contributed by atoms with Crippen molar-refractivity contribution >= 4 is 23.6 Å². The minimum Gasteiger partial charge on any atom is -0.360 e. The lowest BCUT2D eigenvalue weighted by Crippen LogP contribution is -1.91. The summed E-state index contributed by atoms with van der Waals surface area (Å²) in [5, 5.41) is 3.09. The van der Waals surface area contributed by atoms with Gasteiger partial charge in [0.25, 0.3) is 0 Å². The number of aldehydes is 1. The molecule has 68 valence electrons. The van der Waals surface area contributed by atoms with Gasteiger partial charge in [0.1, 0.15) is 0 Å². The molecule has 1 rings (SSSR count). The topological polar surface area (TPSA) is 29.1 Å². The second-order valence-electron chi connectivity index (χ2n) is 2.61. The Kier molecular flexibility index (Phi) is 3.53. The fourth-order valence-corrected chi connectivity index (χ4v) is 0.970. The van der Waals surface area contributed by atoms with Gasteiger partial charge in [-0.25, -0.2) is 0 Å². The molecule has 0 aliphatic rings. The second-order valence-corrected chi connectivity index (χ2v) is 3.04. The first-order valence-corrected chi connectivity index (χ1v) is 4.25. The van der Waals surface area contributed by atoms with Gasteiger partial charge in [-0.05, 0) is 18.6 Å². The molecule has 0 amide bonds. The largest absolute Gasteiger partial charge is 0.360 e. The summed E-state index contributed by atoms with van der Waals surface area (Å²) >= 11 is 5.50. The Balaban J connectivity index is 2.75. The number of hydrogen-bond donors (Lipinski definition) is 1. The first-order valence-electron chi connectivity index (χ1n) is 3.87. The lowest BCUT2D eigenvalue weighted by molar-refractivity contribution is -0.104. The summed E-state index contributed by atoms with van der Waals surface area (Å²) in [6.07, 6.45) is 2.06. The molecule has 1 aromatic carbocycles. The van der Waals surface area contributed by atoms with E-state index in [9.17, 15) is 4.79 Å². The summed E-state index contributed by atoms with van der Waals surface area (Å²) in [5.41, 5.74) is 2.05. The molecule has 0 fully saturated rings. The van der Waals surface area contributed by atoms with Crippen LogP contribution in [0.15, 0.2) is 35.5 Å². The Hall–Kier alpha value is -1.28. The monoisotopic (exact) mass is 195 g/mol. The van der Waals surface area contributed by atoms with Gasteiger partial charge in [-0.15, -0.1) is 0 Å². The van der Waals surface area contributed by atoms with Gasteiger partial charge < -0.3 is 5.32 Å². The third kappa shape index (κ3) is 2.92. The predicted octanol–water partition coefficient (Wildman–Crippen LogP) is 2.69. The number of carbonyl (C=O) groups is 1. The normalized spacial score (nSPS) is 11.1. The molecule has 0 bridgehead atoms. The minimum absolute atomic E-state index is 0.156. The Morgan fingerprint density at radius 1 is 1.46 bits per heavy atom. The van der Waals surface area contributed by atoms with E-state index in [4.69, 9.17) is 11.6 Å². The zero-order valence-electron chi connectivity index (χ0n) is 7.25. The first-order chi connectivity index (χ1) is 6.24. The van der Waals surface area contributed by atoms with E-state index in [0.717, 1.165) is 11.3 Å². The zero-order chi connectivity index (χ0) is 9.68. The first kappa shape index (κ1) is 9.81. The standard InChI is InChI=1S/C10H10ClNO/c1-8-4-2-3-5-10(8)12-6-9(11)7-13/h2-7,12H,1H3/b9-6-. The van der Waals surface area contributed by atoms with Crippen molar-refractivity contribution < 1.29 is 4.79 Å². The predicted molar refractivity (Wildman–Crippen MR) is 54.8 cm³/mol. The van der Waals surface area contributed by atoms with Crippen molar-refractivity contribution in [2.75, 3.05) is 5.32 Å². The van der Waals surface area contributed by atoms with Crippen molar-refractivity contribution in [1.29, 1.82) is 0 Å². The molecule has 0 radical (unpaired) electrons. The molecule has 0 spiro atoms. The zero-order valence-corrected chi connectivity index (χ0v) is 8.01. The van der Waals surface area contributed by atoms with Crippen molar-refractivity contribution in [2.45, 2.75) is 6.92 Å². The van der Waals surface area contributed by atoms with E-state index in [1.54, 1.807) is 0 Å². The number of benzene rings is 1. The maximum atomic E-state index is 10.2. The molecule has 1 aromatic rings. The molecule has 0 saturated carbocycles. The van der Waals surface area contributed by atoms with Crippen LogP contribution in [0.5, 0.6) is 0 Å². The highest BCUT2D eigenvalue weighted by molar-refractivity contribution is 6.38. The molecule has 2 nitrogen and oxygen atoms in total. The Morgan fingerprint density at radius 3 is 2.77 bits per heavy atom. The lowest BCUT2D eigenvalue weighted by Gasteiger charge is -2.03. The number of para-hydroxylation sites is 1. The number of halogens is 1. The molecular weight excluding hydrogens is 186 g/mol. The molecule has 0 aromatic heterocycles. The SMILES string of the molecule is Cc1ccccc1N/C=C(\Cl)C=O. The van der Waals surface area contributed by atoms with Gasteiger partial charge in [-0.1, -0.05) is 29.8 Å². The van der Waals surface area contributed by atoms with E-state index in [1.807, 2.05) is 31.2 Å². The molecule has 0 aliphatic carbocycles. The van der Waals surface area contributed by atoms with Crippen LogP contribution in [0.4, 0.5) is 5.69 Å². The number of anilines is 1. The van der Waals surface area contributed by atoms with Crippen LogP contribution in [0.2, 0.25) is 0 Å². The van der Waals surface area contributed by atoms with Crippen molar-refractivity contribution in [3.63, 3.8) is 0 Å². The van der Waals surface area contributed by atoms with Gasteiger partial charge in [0.15, 0.2) is 6.29 Å².